The summed E-state index contributed by atoms with van der Waals surface area (Å²) in [4.78, 5) is 29.6. The maximum Gasteiger partial charge on any atom is 0.329 e. The molecule has 5 heteroatoms. The summed E-state index contributed by atoms with van der Waals surface area (Å²) in [6.45, 7) is 0.379. The minimum absolute atomic E-state index is 0.0679. The molecule has 1 aliphatic heterocycles. The van der Waals surface area contributed by atoms with Gasteiger partial charge in [0.25, 0.3) is 0 Å². The Bertz CT molecular complexity index is 834. The smallest absolute Gasteiger partial charge is 0.329 e. The average Bonchev–Trinajstić information content (AvgIpc) is 2.76. The van der Waals surface area contributed by atoms with Crippen molar-refractivity contribution in [2.24, 2.45) is 0 Å². The lowest BCUT2D eigenvalue weighted by atomic mass is 9.89. The molecule has 152 valence electrons. The molecule has 2 fully saturated rings. The Morgan fingerprint density at radius 1 is 0.862 bits per heavy atom. The van der Waals surface area contributed by atoms with Crippen LogP contribution in [0.25, 0.3) is 0 Å². The number of imide groups is 1. The quantitative estimate of drug-likeness (QED) is 0.839. The highest BCUT2D eigenvalue weighted by Crippen LogP contribution is 2.34. The number of urea groups is 1. The molecular weight excluding hydrogens is 364 g/mol. The summed E-state index contributed by atoms with van der Waals surface area (Å²) >= 11 is 0. The molecule has 2 aromatic carbocycles. The van der Waals surface area contributed by atoms with Crippen molar-refractivity contribution >= 4 is 11.9 Å². The first kappa shape index (κ1) is 19.6. The highest BCUT2D eigenvalue weighted by molar-refractivity contribution is 6.01. The third kappa shape index (κ3) is 4.06. The molecule has 1 N–H and O–H groups in total. The molecule has 0 radical (unpaired) electrons. The Kier molecular flexibility index (Phi) is 5.95. The normalized spacial score (nSPS) is 23.5. The van der Waals surface area contributed by atoms with Gasteiger partial charge in [-0.15, -0.1) is 0 Å². The van der Waals surface area contributed by atoms with E-state index in [9.17, 15) is 14.7 Å². The van der Waals surface area contributed by atoms with E-state index in [1.807, 2.05) is 60.7 Å². The van der Waals surface area contributed by atoms with Crippen LogP contribution >= 0.6 is 0 Å². The molecule has 2 unspecified atom stereocenters. The number of carbonyl (C=O) groups excluding carboxylic acids is 2. The van der Waals surface area contributed by atoms with Crippen LogP contribution in [0.15, 0.2) is 60.7 Å². The third-order valence-corrected chi connectivity index (χ3v) is 6.16. The molecule has 1 heterocycles. The number of hydrogen-bond donors (Lipinski definition) is 1. The summed E-state index contributed by atoms with van der Waals surface area (Å²) in [5.74, 6) is -1.01. The van der Waals surface area contributed by atoms with Crippen molar-refractivity contribution in [3.63, 3.8) is 0 Å². The average molecular weight is 392 g/mol. The molecule has 1 saturated heterocycles. The molecule has 0 bridgehead atoms. The van der Waals surface area contributed by atoms with Crippen LogP contribution in [-0.2, 0) is 11.2 Å². The molecule has 0 aromatic heterocycles. The van der Waals surface area contributed by atoms with Gasteiger partial charge in [-0.3, -0.25) is 14.6 Å². The first-order chi connectivity index (χ1) is 14.2. The van der Waals surface area contributed by atoms with E-state index in [2.05, 4.69) is 0 Å². The van der Waals surface area contributed by atoms with Gasteiger partial charge in [-0.2, -0.15) is 0 Å². The van der Waals surface area contributed by atoms with E-state index >= 15 is 0 Å². The van der Waals surface area contributed by atoms with E-state index in [1.165, 1.54) is 9.80 Å². The Hall–Kier alpha value is -2.66. The van der Waals surface area contributed by atoms with Crippen LogP contribution in [-0.4, -0.2) is 45.7 Å². The van der Waals surface area contributed by atoms with Gasteiger partial charge in [0.05, 0.1) is 0 Å². The van der Waals surface area contributed by atoms with Gasteiger partial charge in [0.15, 0.2) is 0 Å². The van der Waals surface area contributed by atoms with E-state index in [-0.39, 0.29) is 18.0 Å². The molecule has 2 atom stereocenters. The molecule has 0 spiro atoms. The first-order valence-electron chi connectivity index (χ1n) is 10.6. The topological polar surface area (TPSA) is 60.9 Å². The summed E-state index contributed by atoms with van der Waals surface area (Å²) in [5.41, 5.74) is 1.85. The minimum Gasteiger partial charge on any atom is -0.372 e. The number of benzene rings is 2. The number of aliphatic hydroxyl groups excluding tert-OH is 1. The van der Waals surface area contributed by atoms with E-state index in [0.29, 0.717) is 13.0 Å². The number of hydrogen-bond acceptors (Lipinski definition) is 3. The molecule has 3 amide bonds. The van der Waals surface area contributed by atoms with Gasteiger partial charge in [-0.25, -0.2) is 4.79 Å². The SMILES string of the molecule is O=C1C(c2ccccc2)C(O)N(CCc2ccccc2)C(=O)N1C1CCCCC1. The summed E-state index contributed by atoms with van der Waals surface area (Å²) in [6.07, 6.45) is 4.39. The maximum atomic E-state index is 13.4. The largest absolute Gasteiger partial charge is 0.372 e. The van der Waals surface area contributed by atoms with Crippen LogP contribution in [0.5, 0.6) is 0 Å². The van der Waals surface area contributed by atoms with E-state index in [0.717, 1.165) is 43.2 Å². The highest BCUT2D eigenvalue weighted by Gasteiger charge is 2.48. The Labute approximate surface area is 171 Å². The zero-order valence-electron chi connectivity index (χ0n) is 16.6. The fraction of sp³-hybridized carbons (Fsp3) is 0.417. The lowest BCUT2D eigenvalue weighted by Crippen LogP contribution is -2.63. The van der Waals surface area contributed by atoms with E-state index < -0.39 is 12.1 Å². The van der Waals surface area contributed by atoms with E-state index in [1.54, 1.807) is 0 Å². The van der Waals surface area contributed by atoms with Crippen molar-refractivity contribution in [3.8, 4) is 0 Å². The Morgan fingerprint density at radius 3 is 2.14 bits per heavy atom. The fourth-order valence-electron chi connectivity index (χ4n) is 4.58. The van der Waals surface area contributed by atoms with Crippen molar-refractivity contribution in [2.75, 3.05) is 6.54 Å². The lowest BCUT2D eigenvalue weighted by molar-refractivity contribution is -0.145. The molecule has 4 rings (SSSR count). The zero-order chi connectivity index (χ0) is 20.2. The number of amides is 3. The fourth-order valence-corrected chi connectivity index (χ4v) is 4.58. The summed E-state index contributed by atoms with van der Waals surface area (Å²) in [7, 11) is 0. The molecular formula is C24H28N2O3. The Morgan fingerprint density at radius 2 is 1.48 bits per heavy atom. The molecule has 1 aliphatic carbocycles. The second-order valence-electron chi connectivity index (χ2n) is 8.01. The van der Waals surface area contributed by atoms with Gasteiger partial charge in [-0.1, -0.05) is 79.9 Å². The summed E-state index contributed by atoms with van der Waals surface area (Å²) in [5, 5.41) is 11.1. The number of rotatable bonds is 5. The lowest BCUT2D eigenvalue weighted by Gasteiger charge is -2.46. The number of nitrogens with zero attached hydrogens (tertiary/aromatic N) is 2. The highest BCUT2D eigenvalue weighted by atomic mass is 16.3. The summed E-state index contributed by atoms with van der Waals surface area (Å²) < 4.78 is 0. The molecule has 29 heavy (non-hydrogen) atoms. The first-order valence-corrected chi connectivity index (χ1v) is 10.6. The maximum absolute atomic E-state index is 13.4. The van der Waals surface area contributed by atoms with Gasteiger partial charge < -0.3 is 5.11 Å². The van der Waals surface area contributed by atoms with Gasteiger partial charge in [0.2, 0.25) is 5.91 Å². The molecule has 2 aromatic rings. The van der Waals surface area contributed by atoms with Crippen molar-refractivity contribution in [2.45, 2.75) is 56.7 Å². The zero-order valence-corrected chi connectivity index (χ0v) is 16.6. The van der Waals surface area contributed by atoms with Crippen LogP contribution in [0.1, 0.15) is 49.1 Å². The number of carbonyl (C=O) groups is 2. The van der Waals surface area contributed by atoms with Crippen LogP contribution in [0.3, 0.4) is 0 Å². The third-order valence-electron chi connectivity index (χ3n) is 6.16. The van der Waals surface area contributed by atoms with Gasteiger partial charge in [0, 0.05) is 12.6 Å². The predicted octanol–water partition coefficient (Wildman–Crippen LogP) is 3.93. The van der Waals surface area contributed by atoms with Crippen molar-refractivity contribution in [1.82, 2.24) is 9.80 Å². The molecule has 2 aliphatic rings. The van der Waals surface area contributed by atoms with Crippen LogP contribution < -0.4 is 0 Å². The number of aliphatic hydroxyl groups is 1. The molecule has 1 saturated carbocycles. The van der Waals surface area contributed by atoms with Crippen molar-refractivity contribution in [1.29, 1.82) is 0 Å². The van der Waals surface area contributed by atoms with Crippen LogP contribution in [0.2, 0.25) is 0 Å². The second kappa shape index (κ2) is 8.78. The second-order valence-corrected chi connectivity index (χ2v) is 8.01. The molecule has 5 nitrogen and oxygen atoms in total. The van der Waals surface area contributed by atoms with Gasteiger partial charge >= 0.3 is 6.03 Å². The predicted molar refractivity (Wildman–Crippen MR) is 111 cm³/mol. The van der Waals surface area contributed by atoms with Gasteiger partial charge in [-0.05, 0) is 30.4 Å². The van der Waals surface area contributed by atoms with Crippen LogP contribution in [0, 0.1) is 0 Å². The summed E-state index contributed by atoms with van der Waals surface area (Å²) in [6, 6.07) is 18.8. The van der Waals surface area contributed by atoms with Crippen LogP contribution in [0.4, 0.5) is 4.79 Å². The van der Waals surface area contributed by atoms with E-state index in [4.69, 9.17) is 0 Å². The monoisotopic (exact) mass is 392 g/mol. The van der Waals surface area contributed by atoms with Crippen molar-refractivity contribution < 1.29 is 14.7 Å². The van der Waals surface area contributed by atoms with Gasteiger partial charge in [0.1, 0.15) is 12.1 Å². The Balaban J connectivity index is 1.63. The minimum atomic E-state index is -1.15. The van der Waals surface area contributed by atoms with Crippen molar-refractivity contribution in [3.05, 3.63) is 71.8 Å². The standard InChI is InChI=1S/C24H28N2O3/c27-22-21(19-12-6-2-7-13-19)23(28)26(20-14-8-3-9-15-20)24(29)25(22)17-16-18-10-4-1-5-11-18/h1-2,4-7,10-13,20-22,27H,3,8-9,14-17H2.